The predicted molar refractivity (Wildman–Crippen MR) is 135 cm³/mol. The van der Waals surface area contributed by atoms with Gasteiger partial charge in [-0.2, -0.15) is 0 Å². The van der Waals surface area contributed by atoms with Crippen LogP contribution in [0.2, 0.25) is 0 Å². The number of thiazole rings is 1. The first-order chi connectivity index (χ1) is 17.0. The first-order valence-electron chi connectivity index (χ1n) is 11.4. The minimum absolute atomic E-state index is 0.126. The topological polar surface area (TPSA) is 80.8 Å². The van der Waals surface area contributed by atoms with E-state index in [9.17, 15) is 14.3 Å². The number of nitrogens with one attached hydrogen (secondary N) is 1. The molecule has 6 nitrogen and oxygen atoms in total. The van der Waals surface area contributed by atoms with Crippen LogP contribution in [-0.4, -0.2) is 23.3 Å². The Labute approximate surface area is 206 Å². The molecule has 0 saturated heterocycles. The molecule has 0 aliphatic rings. The SMILES string of the molecule is CCCc1cc(F)ccc1Oc1cccc(OCCCOc2ccc(-c3sc(=O)[nH]c3O)cc2)c1. The summed E-state index contributed by atoms with van der Waals surface area (Å²) in [5.41, 5.74) is 1.58. The number of ether oxygens (including phenoxy) is 3. The normalized spacial score (nSPS) is 10.8. The Bertz CT molecular complexity index is 1320. The van der Waals surface area contributed by atoms with Gasteiger partial charge in [0.2, 0.25) is 5.88 Å². The number of H-pyrrole nitrogens is 1. The van der Waals surface area contributed by atoms with E-state index in [-0.39, 0.29) is 16.6 Å². The van der Waals surface area contributed by atoms with E-state index in [2.05, 4.69) is 4.98 Å². The molecule has 0 saturated carbocycles. The van der Waals surface area contributed by atoms with Crippen molar-refractivity contribution in [3.63, 3.8) is 0 Å². The van der Waals surface area contributed by atoms with E-state index in [1.807, 2.05) is 31.2 Å². The largest absolute Gasteiger partial charge is 0.493 e. The Morgan fingerprint density at radius 3 is 2.40 bits per heavy atom. The predicted octanol–water partition coefficient (Wildman–Crippen LogP) is 6.54. The Morgan fingerprint density at radius 1 is 0.943 bits per heavy atom. The van der Waals surface area contributed by atoms with Crippen LogP contribution in [0.15, 0.2) is 71.5 Å². The molecule has 0 atom stereocenters. The molecular formula is C27H26FNO5S. The third-order valence-electron chi connectivity index (χ3n) is 5.15. The molecule has 1 aromatic heterocycles. The second-order valence-electron chi connectivity index (χ2n) is 7.85. The molecule has 4 aromatic rings. The van der Waals surface area contributed by atoms with E-state index in [1.54, 1.807) is 30.3 Å². The summed E-state index contributed by atoms with van der Waals surface area (Å²) in [5.74, 6) is 2.24. The van der Waals surface area contributed by atoms with Crippen molar-refractivity contribution < 1.29 is 23.7 Å². The van der Waals surface area contributed by atoms with Crippen LogP contribution < -0.4 is 19.1 Å². The molecule has 2 N–H and O–H groups in total. The number of hydrogen-bond acceptors (Lipinski definition) is 6. The van der Waals surface area contributed by atoms with E-state index in [1.165, 1.54) is 12.1 Å². The second kappa shape index (κ2) is 11.6. The van der Waals surface area contributed by atoms with E-state index >= 15 is 0 Å². The molecule has 0 bridgehead atoms. The Balaban J connectivity index is 1.25. The van der Waals surface area contributed by atoms with Gasteiger partial charge in [-0.3, -0.25) is 9.78 Å². The first kappa shape index (κ1) is 24.3. The van der Waals surface area contributed by atoms with Crippen LogP contribution in [0.25, 0.3) is 10.4 Å². The van der Waals surface area contributed by atoms with Gasteiger partial charge in [-0.25, -0.2) is 4.39 Å². The first-order valence-corrected chi connectivity index (χ1v) is 12.2. The summed E-state index contributed by atoms with van der Waals surface area (Å²) >= 11 is 0.958. The van der Waals surface area contributed by atoms with Crippen LogP contribution in [0.1, 0.15) is 25.3 Å². The van der Waals surface area contributed by atoms with Crippen molar-refractivity contribution in [2.45, 2.75) is 26.2 Å². The molecule has 182 valence electrons. The molecule has 1 heterocycles. The van der Waals surface area contributed by atoms with E-state index in [4.69, 9.17) is 14.2 Å². The lowest BCUT2D eigenvalue weighted by Crippen LogP contribution is -2.05. The lowest BCUT2D eigenvalue weighted by Gasteiger charge is -2.12. The van der Waals surface area contributed by atoms with Crippen LogP contribution in [-0.2, 0) is 6.42 Å². The lowest BCUT2D eigenvalue weighted by molar-refractivity contribution is 0.247. The average molecular weight is 496 g/mol. The number of aromatic nitrogens is 1. The number of aryl methyl sites for hydroxylation is 1. The van der Waals surface area contributed by atoms with Crippen molar-refractivity contribution >= 4 is 11.3 Å². The molecule has 0 unspecified atom stereocenters. The highest BCUT2D eigenvalue weighted by Crippen LogP contribution is 2.31. The van der Waals surface area contributed by atoms with Crippen LogP contribution in [0.5, 0.6) is 28.9 Å². The Morgan fingerprint density at radius 2 is 1.69 bits per heavy atom. The van der Waals surface area contributed by atoms with Gasteiger partial charge in [0.25, 0.3) is 0 Å². The van der Waals surface area contributed by atoms with Crippen molar-refractivity contribution in [2.24, 2.45) is 0 Å². The van der Waals surface area contributed by atoms with Gasteiger partial charge in [-0.1, -0.05) is 30.7 Å². The zero-order chi connectivity index (χ0) is 24.6. The van der Waals surface area contributed by atoms with Gasteiger partial charge >= 0.3 is 4.87 Å². The van der Waals surface area contributed by atoms with Crippen molar-refractivity contribution in [3.05, 3.63) is 87.8 Å². The number of benzene rings is 3. The second-order valence-corrected chi connectivity index (χ2v) is 8.83. The molecule has 8 heteroatoms. The highest BCUT2D eigenvalue weighted by Gasteiger charge is 2.10. The summed E-state index contributed by atoms with van der Waals surface area (Å²) in [6, 6.07) is 19.1. The molecule has 35 heavy (non-hydrogen) atoms. The lowest BCUT2D eigenvalue weighted by atomic mass is 10.1. The van der Waals surface area contributed by atoms with Crippen molar-refractivity contribution in [1.29, 1.82) is 0 Å². The Hall–Kier alpha value is -3.78. The quantitative estimate of drug-likeness (QED) is 0.231. The van der Waals surface area contributed by atoms with Crippen LogP contribution in [0.3, 0.4) is 0 Å². The van der Waals surface area contributed by atoms with Gasteiger partial charge in [0.15, 0.2) is 0 Å². The minimum atomic E-state index is -0.299. The molecule has 0 aliphatic heterocycles. The van der Waals surface area contributed by atoms with Crippen molar-refractivity contribution in [1.82, 2.24) is 4.98 Å². The zero-order valence-corrected chi connectivity index (χ0v) is 20.1. The summed E-state index contributed by atoms with van der Waals surface area (Å²) in [6.45, 7) is 2.97. The Kier molecular flexibility index (Phi) is 8.05. The van der Waals surface area contributed by atoms with Gasteiger partial charge in [0, 0.05) is 12.5 Å². The fourth-order valence-corrected chi connectivity index (χ4v) is 4.26. The molecule has 0 spiro atoms. The van der Waals surface area contributed by atoms with E-state index < -0.39 is 0 Å². The van der Waals surface area contributed by atoms with Gasteiger partial charge in [-0.15, -0.1) is 0 Å². The molecule has 0 radical (unpaired) electrons. The third kappa shape index (κ3) is 6.64. The van der Waals surface area contributed by atoms with E-state index in [0.29, 0.717) is 47.5 Å². The maximum absolute atomic E-state index is 13.6. The maximum Gasteiger partial charge on any atom is 0.307 e. The molecular weight excluding hydrogens is 469 g/mol. The fraction of sp³-hybridized carbons (Fsp3) is 0.222. The summed E-state index contributed by atoms with van der Waals surface area (Å²) in [4.78, 5) is 13.9. The van der Waals surface area contributed by atoms with Crippen molar-refractivity contribution in [2.75, 3.05) is 13.2 Å². The number of hydrogen-bond donors (Lipinski definition) is 2. The zero-order valence-electron chi connectivity index (χ0n) is 19.3. The van der Waals surface area contributed by atoms with Crippen molar-refractivity contribution in [3.8, 4) is 39.3 Å². The number of halogens is 1. The fourth-order valence-electron chi connectivity index (χ4n) is 3.52. The summed E-state index contributed by atoms with van der Waals surface area (Å²) < 4.78 is 31.2. The standard InChI is InChI=1S/C27H26FNO5S/c1-2-5-19-16-20(28)10-13-24(19)34-23-7-3-6-22(17-23)33-15-4-14-32-21-11-8-18(9-12-21)25-26(30)29-27(31)35-25/h3,6-13,16-17,30H,2,4-5,14-15H2,1H3,(H,29,31). The van der Waals surface area contributed by atoms with Gasteiger partial charge < -0.3 is 19.3 Å². The maximum atomic E-state index is 13.6. The summed E-state index contributed by atoms with van der Waals surface area (Å²) in [6.07, 6.45) is 2.31. The van der Waals surface area contributed by atoms with Gasteiger partial charge in [0.05, 0.1) is 18.1 Å². The van der Waals surface area contributed by atoms with Gasteiger partial charge in [0.1, 0.15) is 28.8 Å². The number of rotatable bonds is 11. The molecule has 0 amide bonds. The highest BCUT2D eigenvalue weighted by molar-refractivity contribution is 7.13. The summed E-state index contributed by atoms with van der Waals surface area (Å²) in [7, 11) is 0. The molecule has 3 aromatic carbocycles. The van der Waals surface area contributed by atoms with Crippen LogP contribution in [0.4, 0.5) is 4.39 Å². The average Bonchev–Trinajstić information content (AvgIpc) is 3.19. The van der Waals surface area contributed by atoms with Gasteiger partial charge in [-0.05, 0) is 72.1 Å². The number of aromatic amines is 1. The highest BCUT2D eigenvalue weighted by atomic mass is 32.1. The summed E-state index contributed by atoms with van der Waals surface area (Å²) in [5, 5.41) is 9.77. The molecule has 0 aliphatic carbocycles. The van der Waals surface area contributed by atoms with Crippen LogP contribution >= 0.6 is 11.3 Å². The van der Waals surface area contributed by atoms with Crippen LogP contribution in [0, 0.1) is 5.82 Å². The smallest absolute Gasteiger partial charge is 0.307 e. The van der Waals surface area contributed by atoms with E-state index in [0.717, 1.165) is 35.3 Å². The number of aromatic hydroxyl groups is 1. The third-order valence-corrected chi connectivity index (χ3v) is 6.07. The molecule has 4 rings (SSSR count). The minimum Gasteiger partial charge on any atom is -0.493 e. The molecule has 0 fully saturated rings. The monoisotopic (exact) mass is 495 g/mol.